The molecule has 0 aromatic heterocycles. The number of methoxy groups -OCH3 is 2. The van der Waals surface area contributed by atoms with E-state index in [2.05, 4.69) is 29.6 Å². The molecule has 3 rings (SSSR count). The van der Waals surface area contributed by atoms with Crippen LogP contribution < -0.4 is 14.8 Å². The molecule has 0 saturated carbocycles. The molecule has 6 heteroatoms. The molecule has 31 heavy (non-hydrogen) atoms. The number of ether oxygens (including phenoxy) is 2. The zero-order valence-corrected chi connectivity index (χ0v) is 19.8. The Balaban J connectivity index is 1.59. The normalized spacial score (nSPS) is 11.6. The third-order valence-corrected chi connectivity index (χ3v) is 6.91. The third kappa shape index (κ3) is 6.45. The first-order chi connectivity index (χ1) is 15.0. The number of carbonyl (C=O) groups is 1. The number of aryl methyl sites for hydroxylation is 1. The monoisotopic (exact) mass is 453 g/mol. The number of carbonyl (C=O) groups excluding carboxylic acids is 1. The van der Waals surface area contributed by atoms with Crippen molar-refractivity contribution in [2.24, 2.45) is 0 Å². The van der Waals surface area contributed by atoms with Gasteiger partial charge in [-0.15, -0.1) is 23.5 Å². The molecule has 1 N–H and O–H groups in total. The number of hydrogen-bond donors (Lipinski definition) is 1. The number of hydrogen-bond acceptors (Lipinski definition) is 5. The van der Waals surface area contributed by atoms with Gasteiger partial charge < -0.3 is 14.8 Å². The van der Waals surface area contributed by atoms with Gasteiger partial charge in [0.05, 0.1) is 19.5 Å². The Morgan fingerprint density at radius 1 is 0.935 bits per heavy atom. The smallest absolute Gasteiger partial charge is 0.237 e. The molecule has 162 valence electrons. The van der Waals surface area contributed by atoms with E-state index in [0.717, 1.165) is 21.9 Å². The highest BCUT2D eigenvalue weighted by atomic mass is 32.2. The number of benzene rings is 3. The summed E-state index contributed by atoms with van der Waals surface area (Å²) in [5.74, 6) is 2.18. The van der Waals surface area contributed by atoms with Gasteiger partial charge in [0.2, 0.25) is 5.91 Å². The Morgan fingerprint density at radius 3 is 2.35 bits per heavy atom. The van der Waals surface area contributed by atoms with Crippen molar-refractivity contribution in [3.63, 3.8) is 0 Å². The van der Waals surface area contributed by atoms with Gasteiger partial charge in [-0.05, 0) is 61.4 Å². The van der Waals surface area contributed by atoms with E-state index in [1.807, 2.05) is 56.3 Å². The molecule has 0 aliphatic rings. The highest BCUT2D eigenvalue weighted by Gasteiger charge is 2.17. The number of rotatable bonds is 9. The van der Waals surface area contributed by atoms with Crippen LogP contribution in [0.15, 0.2) is 76.5 Å². The van der Waals surface area contributed by atoms with Gasteiger partial charge in [-0.25, -0.2) is 0 Å². The molecule has 1 atom stereocenters. The summed E-state index contributed by atoms with van der Waals surface area (Å²) in [6, 6.07) is 22.2. The van der Waals surface area contributed by atoms with E-state index in [4.69, 9.17) is 9.47 Å². The van der Waals surface area contributed by atoms with E-state index in [9.17, 15) is 4.79 Å². The highest BCUT2D eigenvalue weighted by molar-refractivity contribution is 8.00. The minimum absolute atomic E-state index is 0.0331. The number of amides is 1. The van der Waals surface area contributed by atoms with E-state index in [1.54, 1.807) is 26.0 Å². The van der Waals surface area contributed by atoms with Crippen LogP contribution in [0, 0.1) is 6.92 Å². The van der Waals surface area contributed by atoms with Gasteiger partial charge in [0.25, 0.3) is 0 Å². The molecule has 0 unspecified atom stereocenters. The van der Waals surface area contributed by atoms with E-state index in [0.29, 0.717) is 11.5 Å². The number of thioether (sulfide) groups is 2. The van der Waals surface area contributed by atoms with Crippen LogP contribution in [0.2, 0.25) is 0 Å². The Kier molecular flexibility index (Phi) is 8.32. The van der Waals surface area contributed by atoms with Gasteiger partial charge in [-0.1, -0.05) is 30.3 Å². The summed E-state index contributed by atoms with van der Waals surface area (Å²) in [6.45, 7) is 3.93. The molecular weight excluding hydrogens is 426 g/mol. The van der Waals surface area contributed by atoms with Crippen LogP contribution in [0.25, 0.3) is 0 Å². The van der Waals surface area contributed by atoms with Crippen LogP contribution in [0.1, 0.15) is 18.1 Å². The summed E-state index contributed by atoms with van der Waals surface area (Å²) in [4.78, 5) is 14.9. The number of nitrogens with one attached hydrogen (secondary N) is 1. The van der Waals surface area contributed by atoms with E-state index in [1.165, 1.54) is 22.2 Å². The average Bonchev–Trinajstić information content (AvgIpc) is 2.79. The van der Waals surface area contributed by atoms with Crippen molar-refractivity contribution < 1.29 is 14.3 Å². The van der Waals surface area contributed by atoms with Gasteiger partial charge in [-0.2, -0.15) is 0 Å². The fraction of sp³-hybridized carbons (Fsp3) is 0.240. The van der Waals surface area contributed by atoms with Crippen LogP contribution in [0.4, 0.5) is 5.69 Å². The van der Waals surface area contributed by atoms with Crippen molar-refractivity contribution in [2.75, 3.05) is 19.5 Å². The van der Waals surface area contributed by atoms with Crippen molar-refractivity contribution in [3.05, 3.63) is 77.9 Å². The maximum Gasteiger partial charge on any atom is 0.237 e. The number of anilines is 1. The topological polar surface area (TPSA) is 47.6 Å². The second-order valence-electron chi connectivity index (χ2n) is 7.02. The summed E-state index contributed by atoms with van der Waals surface area (Å²) < 4.78 is 10.6. The summed E-state index contributed by atoms with van der Waals surface area (Å²) in [5.41, 5.74) is 3.14. The minimum atomic E-state index is -0.259. The first-order valence-corrected chi connectivity index (χ1v) is 11.8. The molecule has 0 saturated heterocycles. The first-order valence-electron chi connectivity index (χ1n) is 9.97. The third-order valence-electron chi connectivity index (χ3n) is 4.73. The van der Waals surface area contributed by atoms with Crippen molar-refractivity contribution in [3.8, 4) is 11.5 Å². The second kappa shape index (κ2) is 11.2. The Morgan fingerprint density at radius 2 is 1.68 bits per heavy atom. The van der Waals surface area contributed by atoms with Gasteiger partial charge in [0.1, 0.15) is 0 Å². The molecule has 0 spiro atoms. The summed E-state index contributed by atoms with van der Waals surface area (Å²) in [7, 11) is 3.21. The maximum atomic E-state index is 12.8. The Hall–Kier alpha value is -2.57. The average molecular weight is 454 g/mol. The lowest BCUT2D eigenvalue weighted by Crippen LogP contribution is -2.22. The molecule has 0 fully saturated rings. The van der Waals surface area contributed by atoms with Gasteiger partial charge >= 0.3 is 0 Å². The fourth-order valence-corrected chi connectivity index (χ4v) is 4.78. The fourth-order valence-electron chi connectivity index (χ4n) is 3.02. The lowest BCUT2D eigenvalue weighted by molar-refractivity contribution is -0.115. The van der Waals surface area contributed by atoms with Crippen LogP contribution in [-0.2, 0) is 10.5 Å². The molecule has 3 aromatic carbocycles. The zero-order chi connectivity index (χ0) is 22.2. The molecule has 0 heterocycles. The Labute approximate surface area is 192 Å². The van der Waals surface area contributed by atoms with Gasteiger partial charge in [-0.3, -0.25) is 4.79 Å². The molecule has 0 aliphatic carbocycles. The van der Waals surface area contributed by atoms with Crippen LogP contribution in [0.5, 0.6) is 11.5 Å². The van der Waals surface area contributed by atoms with Crippen LogP contribution in [0.3, 0.4) is 0 Å². The predicted molar refractivity (Wildman–Crippen MR) is 131 cm³/mol. The predicted octanol–water partition coefficient (Wildman–Crippen LogP) is 6.42. The lowest BCUT2D eigenvalue weighted by Gasteiger charge is -2.15. The lowest BCUT2D eigenvalue weighted by atomic mass is 10.1. The van der Waals surface area contributed by atoms with E-state index in [-0.39, 0.29) is 11.2 Å². The minimum Gasteiger partial charge on any atom is -0.493 e. The summed E-state index contributed by atoms with van der Waals surface area (Å²) in [6.07, 6.45) is 0. The zero-order valence-electron chi connectivity index (χ0n) is 18.2. The van der Waals surface area contributed by atoms with Crippen molar-refractivity contribution in [1.82, 2.24) is 0 Å². The second-order valence-corrected chi connectivity index (χ2v) is 9.48. The SMILES string of the molecule is COc1ccc(S[C@@H](C)C(=O)Nc2ccc(CSc3ccccc3)cc2C)cc1OC. The molecule has 0 radical (unpaired) electrons. The largest absolute Gasteiger partial charge is 0.493 e. The molecular formula is C25H27NO3S2. The van der Waals surface area contributed by atoms with E-state index < -0.39 is 0 Å². The van der Waals surface area contributed by atoms with E-state index >= 15 is 0 Å². The maximum absolute atomic E-state index is 12.8. The summed E-state index contributed by atoms with van der Waals surface area (Å²) in [5, 5.41) is 2.80. The quantitative estimate of drug-likeness (QED) is 0.379. The molecule has 3 aromatic rings. The molecule has 0 bridgehead atoms. The highest BCUT2D eigenvalue weighted by Crippen LogP contribution is 2.34. The van der Waals surface area contributed by atoms with Crippen molar-refractivity contribution in [1.29, 1.82) is 0 Å². The van der Waals surface area contributed by atoms with Crippen molar-refractivity contribution in [2.45, 2.75) is 34.6 Å². The molecule has 1 amide bonds. The Bertz CT molecular complexity index is 1020. The first kappa shape index (κ1) is 23.1. The van der Waals surface area contributed by atoms with Gasteiger partial charge in [0.15, 0.2) is 11.5 Å². The van der Waals surface area contributed by atoms with Crippen LogP contribution in [-0.4, -0.2) is 25.4 Å². The standard InChI is InChI=1S/C25H27NO3S2/c1-17-14-19(16-30-20-8-6-5-7-9-20)10-12-22(17)26-25(27)18(2)31-21-11-13-23(28-3)24(15-21)29-4/h5-15,18H,16H2,1-4H3,(H,26,27)/t18-/m0/s1. The van der Waals surface area contributed by atoms with Crippen molar-refractivity contribution >= 4 is 35.1 Å². The van der Waals surface area contributed by atoms with Crippen LogP contribution >= 0.6 is 23.5 Å². The van der Waals surface area contributed by atoms with Gasteiger partial charge in [0, 0.05) is 21.2 Å². The molecule has 4 nitrogen and oxygen atoms in total. The summed E-state index contributed by atoms with van der Waals surface area (Å²) >= 11 is 3.29. The molecule has 0 aliphatic heterocycles.